The molecule has 1 saturated heterocycles. The summed E-state index contributed by atoms with van der Waals surface area (Å²) in [6.07, 6.45) is 6.15. The molecule has 7 nitrogen and oxygen atoms in total. The van der Waals surface area contributed by atoms with Crippen molar-refractivity contribution in [3.8, 4) is 11.4 Å². The molecule has 1 aliphatic rings. The predicted molar refractivity (Wildman–Crippen MR) is 110 cm³/mol. The SMILES string of the molecule is Cc1ccc(NC=O)cc1-c1ncc(F)cn1.O=C1CCCN1c1ccccn1.[HH]. The van der Waals surface area contributed by atoms with Crippen molar-refractivity contribution in [3.05, 3.63) is 66.4 Å². The Hall–Kier alpha value is -3.68. The number of pyridine rings is 1. The van der Waals surface area contributed by atoms with Gasteiger partial charge in [-0.05, 0) is 43.2 Å². The lowest BCUT2D eigenvalue weighted by atomic mass is 10.1. The number of aryl methyl sites for hydroxylation is 1. The van der Waals surface area contributed by atoms with Crippen LogP contribution in [0.5, 0.6) is 0 Å². The molecule has 2 amide bonds. The summed E-state index contributed by atoms with van der Waals surface area (Å²) in [5.74, 6) is 0.917. The second-order valence-corrected chi connectivity index (χ2v) is 6.35. The number of carbonyl (C=O) groups excluding carboxylic acids is 2. The summed E-state index contributed by atoms with van der Waals surface area (Å²) in [6.45, 7) is 2.71. The van der Waals surface area contributed by atoms with Gasteiger partial charge in [0, 0.05) is 31.8 Å². The summed E-state index contributed by atoms with van der Waals surface area (Å²) in [5.41, 5.74) is 2.36. The Morgan fingerprint density at radius 1 is 1.17 bits per heavy atom. The zero-order valence-electron chi connectivity index (χ0n) is 15.9. The van der Waals surface area contributed by atoms with E-state index in [-0.39, 0.29) is 7.33 Å². The number of halogens is 1. The van der Waals surface area contributed by atoms with E-state index in [1.165, 1.54) is 0 Å². The predicted octanol–water partition coefficient (Wildman–Crippen LogP) is 3.61. The van der Waals surface area contributed by atoms with Gasteiger partial charge in [0.25, 0.3) is 0 Å². The number of hydrogen-bond donors (Lipinski definition) is 1. The van der Waals surface area contributed by atoms with E-state index in [1.807, 2.05) is 31.2 Å². The maximum Gasteiger partial charge on any atom is 0.228 e. The van der Waals surface area contributed by atoms with Crippen LogP contribution in [0.15, 0.2) is 55.0 Å². The van der Waals surface area contributed by atoms with Gasteiger partial charge in [0.15, 0.2) is 11.6 Å². The highest BCUT2D eigenvalue weighted by Gasteiger charge is 2.21. The van der Waals surface area contributed by atoms with E-state index in [1.54, 1.807) is 23.2 Å². The molecular weight excluding hydrogens is 373 g/mol. The molecule has 1 N–H and O–H groups in total. The molecule has 0 bridgehead atoms. The maximum atomic E-state index is 12.7. The molecule has 0 unspecified atom stereocenters. The third kappa shape index (κ3) is 5.19. The van der Waals surface area contributed by atoms with Crippen LogP contribution in [-0.4, -0.2) is 33.8 Å². The monoisotopic (exact) mass is 395 g/mol. The molecule has 1 aromatic carbocycles. The zero-order valence-corrected chi connectivity index (χ0v) is 15.9. The normalized spacial score (nSPS) is 12.9. The van der Waals surface area contributed by atoms with E-state index in [9.17, 15) is 14.0 Å². The molecule has 0 saturated carbocycles. The van der Waals surface area contributed by atoms with Crippen molar-refractivity contribution < 1.29 is 15.4 Å². The summed E-state index contributed by atoms with van der Waals surface area (Å²) >= 11 is 0. The highest BCUT2D eigenvalue weighted by molar-refractivity contribution is 5.94. The quantitative estimate of drug-likeness (QED) is 0.682. The Balaban J connectivity index is 0.000000218. The Bertz CT molecular complexity index is 986. The molecule has 150 valence electrons. The highest BCUT2D eigenvalue weighted by atomic mass is 19.1. The van der Waals surface area contributed by atoms with Gasteiger partial charge in [-0.2, -0.15) is 0 Å². The van der Waals surface area contributed by atoms with Crippen LogP contribution in [0.4, 0.5) is 15.9 Å². The summed E-state index contributed by atoms with van der Waals surface area (Å²) < 4.78 is 12.7. The van der Waals surface area contributed by atoms with Crippen molar-refractivity contribution in [1.29, 1.82) is 0 Å². The summed E-state index contributed by atoms with van der Waals surface area (Å²) in [6, 6.07) is 11.0. The Kier molecular flexibility index (Phi) is 6.57. The van der Waals surface area contributed by atoms with E-state index >= 15 is 0 Å². The summed E-state index contributed by atoms with van der Waals surface area (Å²) in [7, 11) is 0. The van der Waals surface area contributed by atoms with Crippen molar-refractivity contribution in [3.63, 3.8) is 0 Å². The van der Waals surface area contributed by atoms with Gasteiger partial charge in [0.05, 0.1) is 12.4 Å². The van der Waals surface area contributed by atoms with Gasteiger partial charge < -0.3 is 5.32 Å². The van der Waals surface area contributed by atoms with Crippen LogP contribution in [0, 0.1) is 12.7 Å². The number of benzene rings is 1. The Labute approximate surface area is 169 Å². The molecule has 2 aromatic heterocycles. The second-order valence-electron chi connectivity index (χ2n) is 6.35. The van der Waals surface area contributed by atoms with Gasteiger partial charge >= 0.3 is 0 Å². The lowest BCUT2D eigenvalue weighted by molar-refractivity contribution is -0.117. The number of carbonyl (C=O) groups is 2. The molecule has 8 heteroatoms. The van der Waals surface area contributed by atoms with Gasteiger partial charge in [-0.25, -0.2) is 19.3 Å². The fourth-order valence-corrected chi connectivity index (χ4v) is 2.88. The summed E-state index contributed by atoms with van der Waals surface area (Å²) in [4.78, 5) is 35.3. The van der Waals surface area contributed by atoms with E-state index in [4.69, 9.17) is 0 Å². The number of hydrogen-bond acceptors (Lipinski definition) is 5. The molecule has 29 heavy (non-hydrogen) atoms. The molecule has 3 aromatic rings. The lowest BCUT2D eigenvalue weighted by Crippen LogP contribution is -2.24. The minimum Gasteiger partial charge on any atom is -0.329 e. The molecule has 4 rings (SSSR count). The number of nitrogens with zero attached hydrogens (tertiary/aromatic N) is 4. The number of aromatic nitrogens is 3. The topological polar surface area (TPSA) is 88.1 Å². The number of amides is 2. The number of nitrogens with one attached hydrogen (secondary N) is 1. The average Bonchev–Trinajstić information content (AvgIpc) is 3.17. The lowest BCUT2D eigenvalue weighted by Gasteiger charge is -2.13. The minimum atomic E-state index is -0.478. The van der Waals surface area contributed by atoms with Crippen LogP contribution in [-0.2, 0) is 9.59 Å². The maximum absolute atomic E-state index is 12.7. The van der Waals surface area contributed by atoms with Crippen LogP contribution in [0.1, 0.15) is 19.8 Å². The third-order valence-corrected chi connectivity index (χ3v) is 4.32. The van der Waals surface area contributed by atoms with Crippen molar-refractivity contribution in [1.82, 2.24) is 15.0 Å². The van der Waals surface area contributed by atoms with Gasteiger partial charge in [0.2, 0.25) is 12.3 Å². The van der Waals surface area contributed by atoms with E-state index in [0.29, 0.717) is 24.3 Å². The first-order chi connectivity index (χ1) is 14.1. The van der Waals surface area contributed by atoms with E-state index in [2.05, 4.69) is 20.3 Å². The van der Waals surface area contributed by atoms with Crippen molar-refractivity contribution in [2.45, 2.75) is 19.8 Å². The summed E-state index contributed by atoms with van der Waals surface area (Å²) in [5, 5.41) is 2.55. The zero-order chi connectivity index (χ0) is 20.6. The second kappa shape index (κ2) is 9.50. The van der Waals surface area contributed by atoms with Crippen LogP contribution in [0.3, 0.4) is 0 Å². The standard InChI is InChI=1S/C12H10FN3O.C9H10N2O.H2/c1-8-2-3-10(16-7-17)4-11(8)12-14-5-9(13)6-15-12;12-9-5-3-7-11(9)8-4-1-2-6-10-8;/h2-7H,1H3,(H,16,17);1-2,4,6H,3,5,7H2;1H. The number of rotatable bonds is 4. The van der Waals surface area contributed by atoms with Crippen molar-refractivity contribution >= 4 is 23.8 Å². The largest absolute Gasteiger partial charge is 0.329 e. The van der Waals surface area contributed by atoms with Crippen molar-refractivity contribution in [2.75, 3.05) is 16.8 Å². The van der Waals surface area contributed by atoms with Crippen LogP contribution >= 0.6 is 0 Å². The number of anilines is 2. The molecule has 0 radical (unpaired) electrons. The average molecular weight is 395 g/mol. The fourth-order valence-electron chi connectivity index (χ4n) is 2.88. The van der Waals surface area contributed by atoms with Gasteiger partial charge in [-0.15, -0.1) is 0 Å². The van der Waals surface area contributed by atoms with Crippen LogP contribution < -0.4 is 10.2 Å². The van der Waals surface area contributed by atoms with E-state index in [0.717, 1.165) is 42.3 Å². The first kappa shape index (κ1) is 20.1. The molecular formula is C21H22FN5O2. The third-order valence-electron chi connectivity index (χ3n) is 4.32. The molecule has 0 spiro atoms. The first-order valence-electron chi connectivity index (χ1n) is 9.08. The first-order valence-corrected chi connectivity index (χ1v) is 9.08. The molecule has 0 aliphatic carbocycles. The smallest absolute Gasteiger partial charge is 0.228 e. The molecule has 0 atom stereocenters. The van der Waals surface area contributed by atoms with Crippen LogP contribution in [0.25, 0.3) is 11.4 Å². The van der Waals surface area contributed by atoms with Crippen LogP contribution in [0.2, 0.25) is 0 Å². The van der Waals surface area contributed by atoms with E-state index < -0.39 is 5.82 Å². The molecule has 1 aliphatic heterocycles. The van der Waals surface area contributed by atoms with Gasteiger partial charge in [0.1, 0.15) is 5.82 Å². The molecule has 1 fully saturated rings. The van der Waals surface area contributed by atoms with Gasteiger partial charge in [-0.3, -0.25) is 14.5 Å². The Morgan fingerprint density at radius 3 is 2.59 bits per heavy atom. The minimum absolute atomic E-state index is 0. The highest BCUT2D eigenvalue weighted by Crippen LogP contribution is 2.23. The van der Waals surface area contributed by atoms with Gasteiger partial charge in [-0.1, -0.05) is 12.1 Å². The Morgan fingerprint density at radius 2 is 1.97 bits per heavy atom. The van der Waals surface area contributed by atoms with Crippen molar-refractivity contribution in [2.24, 2.45) is 0 Å². The molecule has 3 heterocycles. The fraction of sp³-hybridized carbons (Fsp3) is 0.190.